The van der Waals surface area contributed by atoms with Crippen molar-refractivity contribution in [3.63, 3.8) is 0 Å². The first-order valence-corrected chi connectivity index (χ1v) is 7.35. The molecule has 6 nitrogen and oxygen atoms in total. The molecule has 124 valence electrons. The third kappa shape index (κ3) is 4.95. The predicted molar refractivity (Wildman–Crippen MR) is 88.1 cm³/mol. The second-order valence-electron chi connectivity index (χ2n) is 5.34. The van der Waals surface area contributed by atoms with E-state index in [2.05, 4.69) is 5.32 Å². The topological polar surface area (TPSA) is 104 Å². The summed E-state index contributed by atoms with van der Waals surface area (Å²) in [5.74, 6) is -2.89. The number of rotatable bonds is 7. The maximum atomic E-state index is 12.2. The van der Waals surface area contributed by atoms with Gasteiger partial charge in [0, 0.05) is 18.0 Å². The third-order valence-corrected chi connectivity index (χ3v) is 3.52. The van der Waals surface area contributed by atoms with Gasteiger partial charge in [0.1, 0.15) is 0 Å². The van der Waals surface area contributed by atoms with E-state index in [1.807, 2.05) is 6.07 Å². The van der Waals surface area contributed by atoms with Gasteiger partial charge in [-0.3, -0.25) is 9.59 Å². The zero-order chi connectivity index (χ0) is 17.5. The van der Waals surface area contributed by atoms with Crippen LogP contribution in [-0.4, -0.2) is 28.1 Å². The summed E-state index contributed by atoms with van der Waals surface area (Å²) in [7, 11) is 0. The molecule has 2 aromatic carbocycles. The average Bonchev–Trinajstić information content (AvgIpc) is 2.55. The second-order valence-corrected chi connectivity index (χ2v) is 5.34. The quantitative estimate of drug-likeness (QED) is 0.725. The highest BCUT2D eigenvalue weighted by Crippen LogP contribution is 2.24. The van der Waals surface area contributed by atoms with Crippen LogP contribution < -0.4 is 5.32 Å². The number of benzene rings is 2. The highest BCUT2D eigenvalue weighted by atomic mass is 16.4. The smallest absolute Gasteiger partial charge is 0.335 e. The fourth-order valence-electron chi connectivity index (χ4n) is 2.41. The number of carboxylic acids is 2. The molecule has 0 saturated heterocycles. The van der Waals surface area contributed by atoms with Crippen LogP contribution in [0.1, 0.15) is 34.7 Å². The molecule has 3 N–H and O–H groups in total. The van der Waals surface area contributed by atoms with Gasteiger partial charge in [0.25, 0.3) is 0 Å². The van der Waals surface area contributed by atoms with Crippen LogP contribution in [0.5, 0.6) is 0 Å². The molecule has 0 saturated carbocycles. The molecular weight excluding hydrogens is 310 g/mol. The third-order valence-electron chi connectivity index (χ3n) is 3.52. The molecular formula is C18H17NO5. The minimum Gasteiger partial charge on any atom is -0.481 e. The first kappa shape index (κ1) is 17.2. The van der Waals surface area contributed by atoms with Crippen molar-refractivity contribution in [1.29, 1.82) is 0 Å². The lowest BCUT2D eigenvalue weighted by atomic mass is 9.92. The molecule has 0 unspecified atom stereocenters. The fourth-order valence-corrected chi connectivity index (χ4v) is 2.41. The molecule has 2 aromatic rings. The number of amides is 1. The van der Waals surface area contributed by atoms with Gasteiger partial charge in [-0.25, -0.2) is 4.79 Å². The Bertz CT molecular complexity index is 742. The summed E-state index contributed by atoms with van der Waals surface area (Å²) in [5, 5.41) is 20.6. The lowest BCUT2D eigenvalue weighted by Crippen LogP contribution is -2.18. The summed E-state index contributed by atoms with van der Waals surface area (Å²) in [5.41, 5.74) is 1.20. The molecule has 0 aliphatic rings. The Morgan fingerprint density at radius 3 is 2.25 bits per heavy atom. The largest absolute Gasteiger partial charge is 0.481 e. The Morgan fingerprint density at radius 2 is 1.62 bits per heavy atom. The summed E-state index contributed by atoms with van der Waals surface area (Å²) < 4.78 is 0. The van der Waals surface area contributed by atoms with E-state index in [9.17, 15) is 14.4 Å². The van der Waals surface area contributed by atoms with Gasteiger partial charge in [-0.15, -0.1) is 0 Å². The molecule has 0 fully saturated rings. The van der Waals surface area contributed by atoms with Crippen molar-refractivity contribution in [3.05, 3.63) is 65.7 Å². The Kier molecular flexibility index (Phi) is 5.68. The number of anilines is 1. The number of carbonyl (C=O) groups excluding carboxylic acids is 1. The highest BCUT2D eigenvalue weighted by Gasteiger charge is 2.19. The average molecular weight is 327 g/mol. The van der Waals surface area contributed by atoms with E-state index >= 15 is 0 Å². The molecule has 0 aromatic heterocycles. The summed E-state index contributed by atoms with van der Waals surface area (Å²) in [6, 6.07) is 14.9. The van der Waals surface area contributed by atoms with Gasteiger partial charge >= 0.3 is 11.9 Å². The van der Waals surface area contributed by atoms with Crippen LogP contribution in [0.25, 0.3) is 0 Å². The minimum absolute atomic E-state index is 0.00634. The van der Waals surface area contributed by atoms with Crippen LogP contribution in [0.2, 0.25) is 0 Å². The molecule has 0 aliphatic heterocycles. The summed E-state index contributed by atoms with van der Waals surface area (Å²) in [6.07, 6.45) is -0.166. The van der Waals surface area contributed by atoms with Crippen LogP contribution in [-0.2, 0) is 9.59 Å². The van der Waals surface area contributed by atoms with Crippen molar-refractivity contribution in [2.75, 3.05) is 5.32 Å². The maximum absolute atomic E-state index is 12.2. The number of aliphatic carboxylic acids is 1. The maximum Gasteiger partial charge on any atom is 0.335 e. The number of aromatic carboxylic acids is 1. The number of hydrogen-bond acceptors (Lipinski definition) is 3. The zero-order valence-electron chi connectivity index (χ0n) is 12.8. The number of carbonyl (C=O) groups is 3. The molecule has 0 heterocycles. The molecule has 1 amide bonds. The monoisotopic (exact) mass is 327 g/mol. The van der Waals surface area contributed by atoms with E-state index in [4.69, 9.17) is 10.2 Å². The van der Waals surface area contributed by atoms with Gasteiger partial charge in [0.05, 0.1) is 12.0 Å². The summed E-state index contributed by atoms with van der Waals surface area (Å²) in [6.45, 7) is 0. The first-order valence-electron chi connectivity index (χ1n) is 7.35. The van der Waals surface area contributed by atoms with Gasteiger partial charge in [-0.2, -0.15) is 0 Å². The lowest BCUT2D eigenvalue weighted by molar-refractivity contribution is -0.137. The molecule has 0 radical (unpaired) electrons. The molecule has 6 heteroatoms. The Morgan fingerprint density at radius 1 is 0.917 bits per heavy atom. The molecule has 0 spiro atoms. The van der Waals surface area contributed by atoms with Crippen LogP contribution >= 0.6 is 0 Å². The SMILES string of the molecule is O=C(O)C[C@H](CC(=O)Nc1cccc(C(=O)O)c1)c1ccccc1. The Hall–Kier alpha value is -3.15. The molecule has 2 rings (SSSR count). The van der Waals surface area contributed by atoms with Gasteiger partial charge in [-0.05, 0) is 23.8 Å². The van der Waals surface area contributed by atoms with Gasteiger partial charge in [0.15, 0.2) is 0 Å². The number of hydrogen-bond donors (Lipinski definition) is 3. The van der Waals surface area contributed by atoms with Crippen molar-refractivity contribution in [1.82, 2.24) is 0 Å². The normalized spacial score (nSPS) is 11.5. The number of carboxylic acid groups (broad SMARTS) is 2. The van der Waals surface area contributed by atoms with E-state index in [0.717, 1.165) is 5.56 Å². The van der Waals surface area contributed by atoms with Crippen LogP contribution in [0.4, 0.5) is 5.69 Å². The highest BCUT2D eigenvalue weighted by molar-refractivity contribution is 5.94. The molecule has 1 atom stereocenters. The molecule has 0 bridgehead atoms. The number of nitrogens with one attached hydrogen (secondary N) is 1. The fraction of sp³-hybridized carbons (Fsp3) is 0.167. The van der Waals surface area contributed by atoms with E-state index in [-0.39, 0.29) is 24.3 Å². The van der Waals surface area contributed by atoms with E-state index < -0.39 is 17.9 Å². The van der Waals surface area contributed by atoms with Crippen LogP contribution in [0, 0.1) is 0 Å². The first-order chi connectivity index (χ1) is 11.5. The van der Waals surface area contributed by atoms with Crippen molar-refractivity contribution in [3.8, 4) is 0 Å². The standard InChI is InChI=1S/C18H17NO5/c20-16(19-15-8-4-7-13(9-15)18(23)24)10-14(11-17(21)22)12-5-2-1-3-6-12/h1-9,14H,10-11H2,(H,19,20)(H,21,22)(H,23,24)/t14-/m0/s1. The van der Waals surface area contributed by atoms with E-state index in [1.54, 1.807) is 30.3 Å². The van der Waals surface area contributed by atoms with Crippen LogP contribution in [0.3, 0.4) is 0 Å². The summed E-state index contributed by atoms with van der Waals surface area (Å²) in [4.78, 5) is 34.2. The Labute approximate surface area is 138 Å². The minimum atomic E-state index is -1.08. The van der Waals surface area contributed by atoms with E-state index in [1.165, 1.54) is 18.2 Å². The zero-order valence-corrected chi connectivity index (χ0v) is 12.8. The van der Waals surface area contributed by atoms with Crippen molar-refractivity contribution in [2.45, 2.75) is 18.8 Å². The molecule has 24 heavy (non-hydrogen) atoms. The van der Waals surface area contributed by atoms with Gasteiger partial charge in [-0.1, -0.05) is 36.4 Å². The van der Waals surface area contributed by atoms with Gasteiger partial charge in [0.2, 0.25) is 5.91 Å². The second kappa shape index (κ2) is 7.92. The van der Waals surface area contributed by atoms with Crippen molar-refractivity contribution < 1.29 is 24.6 Å². The summed E-state index contributed by atoms with van der Waals surface area (Å²) >= 11 is 0. The van der Waals surface area contributed by atoms with Crippen molar-refractivity contribution >= 4 is 23.5 Å². The van der Waals surface area contributed by atoms with Crippen LogP contribution in [0.15, 0.2) is 54.6 Å². The van der Waals surface area contributed by atoms with E-state index in [0.29, 0.717) is 5.69 Å². The Balaban J connectivity index is 2.09. The lowest BCUT2D eigenvalue weighted by Gasteiger charge is -2.15. The van der Waals surface area contributed by atoms with Gasteiger partial charge < -0.3 is 15.5 Å². The predicted octanol–water partition coefficient (Wildman–Crippen LogP) is 2.97. The van der Waals surface area contributed by atoms with Crippen molar-refractivity contribution in [2.24, 2.45) is 0 Å². The molecule has 0 aliphatic carbocycles.